The fourth-order valence-electron chi connectivity index (χ4n) is 3.28. The Morgan fingerprint density at radius 1 is 1.06 bits per heavy atom. The number of sulfonamides is 1. The van der Waals surface area contributed by atoms with Gasteiger partial charge in [0, 0.05) is 31.7 Å². The summed E-state index contributed by atoms with van der Waals surface area (Å²) in [6.45, 7) is 1.89. The molecule has 0 saturated carbocycles. The standard InChI is InChI=1S/C20H20ClF3N2O4S/c1-13-3-4-14(11-17(13)30-2)19(27)25-7-9-26(10-8-25)31(28,29)18-12-15(20(22,23)24)5-6-16(18)21/h3-6,11-12H,7-10H2,1-2H3. The minimum Gasteiger partial charge on any atom is -0.496 e. The number of benzene rings is 2. The Kier molecular flexibility index (Phi) is 6.54. The number of piperazine rings is 1. The molecule has 0 unspecified atom stereocenters. The van der Waals surface area contributed by atoms with Crippen LogP contribution in [0.3, 0.4) is 0 Å². The van der Waals surface area contributed by atoms with Crippen molar-refractivity contribution in [2.45, 2.75) is 18.0 Å². The topological polar surface area (TPSA) is 66.9 Å². The Labute approximate surface area is 183 Å². The molecule has 1 heterocycles. The molecule has 2 aromatic rings. The number of rotatable bonds is 4. The van der Waals surface area contributed by atoms with Gasteiger partial charge in [0.2, 0.25) is 10.0 Å². The smallest absolute Gasteiger partial charge is 0.416 e. The molecular formula is C20H20ClF3N2O4S. The Hall–Kier alpha value is -2.30. The molecule has 0 atom stereocenters. The Morgan fingerprint density at radius 2 is 1.71 bits per heavy atom. The summed E-state index contributed by atoms with van der Waals surface area (Å²) in [5, 5.41) is -0.293. The molecule has 2 aromatic carbocycles. The van der Waals surface area contributed by atoms with Gasteiger partial charge in [-0.1, -0.05) is 17.7 Å². The zero-order chi connectivity index (χ0) is 23.0. The second kappa shape index (κ2) is 8.68. The number of hydrogen-bond acceptors (Lipinski definition) is 4. The van der Waals surface area contributed by atoms with Crippen molar-refractivity contribution in [2.75, 3.05) is 33.3 Å². The van der Waals surface area contributed by atoms with Crippen LogP contribution in [0.1, 0.15) is 21.5 Å². The highest BCUT2D eigenvalue weighted by molar-refractivity contribution is 7.89. The summed E-state index contributed by atoms with van der Waals surface area (Å²) in [5.41, 5.74) is 0.171. The Bertz CT molecular complexity index is 1100. The van der Waals surface area contributed by atoms with Crippen LogP contribution < -0.4 is 4.74 Å². The van der Waals surface area contributed by atoms with E-state index in [1.165, 1.54) is 12.0 Å². The van der Waals surface area contributed by atoms with Gasteiger partial charge in [-0.25, -0.2) is 8.42 Å². The van der Waals surface area contributed by atoms with Crippen LogP contribution in [0.5, 0.6) is 5.75 Å². The van der Waals surface area contributed by atoms with E-state index in [1.54, 1.807) is 18.2 Å². The lowest BCUT2D eigenvalue weighted by Crippen LogP contribution is -2.50. The molecule has 1 amide bonds. The third-order valence-corrected chi connectivity index (χ3v) is 7.44. The SMILES string of the molecule is COc1cc(C(=O)N2CCN(S(=O)(=O)c3cc(C(F)(F)F)ccc3Cl)CC2)ccc1C. The summed E-state index contributed by atoms with van der Waals surface area (Å²) < 4.78 is 71.1. The molecule has 168 valence electrons. The van der Waals surface area contributed by atoms with E-state index in [0.717, 1.165) is 22.0 Å². The first-order valence-electron chi connectivity index (χ1n) is 9.26. The largest absolute Gasteiger partial charge is 0.496 e. The van der Waals surface area contributed by atoms with Gasteiger partial charge in [0.1, 0.15) is 10.6 Å². The van der Waals surface area contributed by atoms with Crippen LogP contribution in [0.25, 0.3) is 0 Å². The molecule has 3 rings (SSSR count). The number of methoxy groups -OCH3 is 1. The maximum atomic E-state index is 13.0. The fraction of sp³-hybridized carbons (Fsp3) is 0.350. The summed E-state index contributed by atoms with van der Waals surface area (Å²) in [6.07, 6.45) is -4.70. The molecule has 0 radical (unpaired) electrons. The lowest BCUT2D eigenvalue weighted by Gasteiger charge is -2.34. The van der Waals surface area contributed by atoms with Crippen molar-refractivity contribution >= 4 is 27.5 Å². The second-order valence-electron chi connectivity index (χ2n) is 7.02. The van der Waals surface area contributed by atoms with Gasteiger partial charge in [-0.15, -0.1) is 0 Å². The Morgan fingerprint density at radius 3 is 2.29 bits per heavy atom. The lowest BCUT2D eigenvalue weighted by atomic mass is 10.1. The van der Waals surface area contributed by atoms with Gasteiger partial charge in [0.15, 0.2) is 0 Å². The molecule has 6 nitrogen and oxygen atoms in total. The van der Waals surface area contributed by atoms with Crippen molar-refractivity contribution < 1.29 is 31.1 Å². The average Bonchev–Trinajstić information content (AvgIpc) is 2.73. The van der Waals surface area contributed by atoms with Crippen LogP contribution in [0.15, 0.2) is 41.3 Å². The van der Waals surface area contributed by atoms with Crippen LogP contribution in [0.4, 0.5) is 13.2 Å². The predicted molar refractivity (Wildman–Crippen MR) is 109 cm³/mol. The van der Waals surface area contributed by atoms with Gasteiger partial charge in [-0.3, -0.25) is 4.79 Å². The number of carbonyl (C=O) groups is 1. The van der Waals surface area contributed by atoms with Crippen molar-refractivity contribution in [3.63, 3.8) is 0 Å². The van der Waals surface area contributed by atoms with Crippen molar-refractivity contribution in [3.05, 3.63) is 58.1 Å². The van der Waals surface area contributed by atoms with Gasteiger partial charge in [-0.2, -0.15) is 17.5 Å². The minimum absolute atomic E-state index is 0.0658. The summed E-state index contributed by atoms with van der Waals surface area (Å²) in [5.74, 6) is 0.277. The monoisotopic (exact) mass is 476 g/mol. The molecule has 0 spiro atoms. The first-order valence-corrected chi connectivity index (χ1v) is 11.1. The fourth-order valence-corrected chi connectivity index (χ4v) is 5.21. The molecule has 0 N–H and O–H groups in total. The van der Waals surface area contributed by atoms with E-state index in [2.05, 4.69) is 0 Å². The number of amides is 1. The van der Waals surface area contributed by atoms with Gasteiger partial charge in [0.25, 0.3) is 5.91 Å². The molecule has 0 aromatic heterocycles. The number of halogens is 4. The summed E-state index contributed by atoms with van der Waals surface area (Å²) in [6, 6.07) is 7.21. The van der Waals surface area contributed by atoms with Crippen LogP contribution >= 0.6 is 11.6 Å². The van der Waals surface area contributed by atoms with E-state index in [-0.39, 0.29) is 37.1 Å². The summed E-state index contributed by atoms with van der Waals surface area (Å²) >= 11 is 5.90. The Balaban J connectivity index is 1.77. The molecule has 1 aliphatic rings. The summed E-state index contributed by atoms with van der Waals surface area (Å²) in [7, 11) is -2.76. The highest BCUT2D eigenvalue weighted by Gasteiger charge is 2.36. The number of alkyl halides is 3. The van der Waals surface area contributed by atoms with Crippen LogP contribution in [-0.4, -0.2) is 56.8 Å². The molecule has 11 heteroatoms. The first-order chi connectivity index (χ1) is 14.4. The van der Waals surface area contributed by atoms with E-state index in [1.807, 2.05) is 6.92 Å². The van der Waals surface area contributed by atoms with Crippen molar-refractivity contribution in [1.82, 2.24) is 9.21 Å². The third kappa shape index (κ3) is 4.81. The molecule has 0 bridgehead atoms. The van der Waals surface area contributed by atoms with Gasteiger partial charge in [-0.05, 0) is 42.8 Å². The maximum absolute atomic E-state index is 13.0. The molecule has 0 aliphatic carbocycles. The molecule has 31 heavy (non-hydrogen) atoms. The number of carbonyl (C=O) groups excluding carboxylic acids is 1. The van der Waals surface area contributed by atoms with Crippen molar-refractivity contribution in [1.29, 1.82) is 0 Å². The van der Waals surface area contributed by atoms with Gasteiger partial charge in [0.05, 0.1) is 17.7 Å². The number of aryl methyl sites for hydroxylation is 1. The van der Waals surface area contributed by atoms with E-state index in [0.29, 0.717) is 17.4 Å². The minimum atomic E-state index is -4.70. The van der Waals surface area contributed by atoms with Crippen LogP contribution in [0, 0.1) is 6.92 Å². The highest BCUT2D eigenvalue weighted by atomic mass is 35.5. The molecule has 1 saturated heterocycles. The van der Waals surface area contributed by atoms with Crippen LogP contribution in [0.2, 0.25) is 5.02 Å². The van der Waals surface area contributed by atoms with E-state index in [4.69, 9.17) is 16.3 Å². The quantitative estimate of drug-likeness (QED) is 0.673. The molecule has 1 aliphatic heterocycles. The second-order valence-corrected chi connectivity index (χ2v) is 9.34. The average molecular weight is 477 g/mol. The number of ether oxygens (including phenoxy) is 1. The predicted octanol–water partition coefficient (Wildman–Crippen LogP) is 3.82. The lowest BCUT2D eigenvalue weighted by molar-refractivity contribution is -0.137. The number of nitrogens with zero attached hydrogens (tertiary/aromatic N) is 2. The van der Waals surface area contributed by atoms with E-state index < -0.39 is 26.7 Å². The third-order valence-electron chi connectivity index (χ3n) is 5.06. The van der Waals surface area contributed by atoms with Gasteiger partial charge >= 0.3 is 6.18 Å². The zero-order valence-corrected chi connectivity index (χ0v) is 18.3. The van der Waals surface area contributed by atoms with Crippen LogP contribution in [-0.2, 0) is 16.2 Å². The first kappa shape index (κ1) is 23.4. The molecule has 1 fully saturated rings. The zero-order valence-electron chi connectivity index (χ0n) is 16.7. The van der Waals surface area contributed by atoms with E-state index in [9.17, 15) is 26.4 Å². The van der Waals surface area contributed by atoms with Crippen molar-refractivity contribution in [2.24, 2.45) is 0 Å². The van der Waals surface area contributed by atoms with Crippen molar-refractivity contribution in [3.8, 4) is 5.75 Å². The summed E-state index contributed by atoms with van der Waals surface area (Å²) in [4.78, 5) is 13.7. The molecular weight excluding hydrogens is 457 g/mol. The normalized spacial score (nSPS) is 15.7. The number of hydrogen-bond donors (Lipinski definition) is 0. The van der Waals surface area contributed by atoms with E-state index >= 15 is 0 Å². The highest BCUT2D eigenvalue weighted by Crippen LogP contribution is 2.34. The van der Waals surface area contributed by atoms with Gasteiger partial charge < -0.3 is 9.64 Å². The maximum Gasteiger partial charge on any atom is 0.416 e.